The van der Waals surface area contributed by atoms with Gasteiger partial charge in [0.05, 0.1) is 16.6 Å². The molecule has 1 amide bonds. The monoisotopic (exact) mass is 474 g/mol. The van der Waals surface area contributed by atoms with Crippen molar-refractivity contribution in [2.45, 2.75) is 43.9 Å². The van der Waals surface area contributed by atoms with Crippen LogP contribution in [0.2, 0.25) is 0 Å². The number of rotatable bonds is 5. The minimum Gasteiger partial charge on any atom is -0.377 e. The lowest BCUT2D eigenvalue weighted by Crippen LogP contribution is -2.40. The lowest BCUT2D eigenvalue weighted by molar-refractivity contribution is -0.140. The number of halogens is 4. The van der Waals surface area contributed by atoms with E-state index in [0.717, 1.165) is 47.4 Å². The Morgan fingerprint density at radius 2 is 1.68 bits per heavy atom. The Balaban J connectivity index is 1.39. The average molecular weight is 475 g/mol. The van der Waals surface area contributed by atoms with E-state index in [0.29, 0.717) is 18.9 Å². The SMILES string of the molecule is CN(C)c1cc(NC2CCC(NC(=O)c3cccc(C(F)(F)F)c3F)CC2)nc2ccccc12. The van der Waals surface area contributed by atoms with Crippen LogP contribution < -0.4 is 15.5 Å². The summed E-state index contributed by atoms with van der Waals surface area (Å²) in [7, 11) is 3.96. The first-order valence-corrected chi connectivity index (χ1v) is 11.1. The Morgan fingerprint density at radius 1 is 1.00 bits per heavy atom. The van der Waals surface area contributed by atoms with Gasteiger partial charge < -0.3 is 15.5 Å². The number of aromatic nitrogens is 1. The van der Waals surface area contributed by atoms with Crippen molar-refractivity contribution in [2.24, 2.45) is 0 Å². The fourth-order valence-electron chi connectivity index (χ4n) is 4.38. The van der Waals surface area contributed by atoms with Crippen molar-refractivity contribution in [2.75, 3.05) is 24.3 Å². The van der Waals surface area contributed by atoms with Crippen LogP contribution in [0, 0.1) is 5.82 Å². The molecular formula is C25H26F4N4O. The number of amides is 1. The van der Waals surface area contributed by atoms with E-state index in [9.17, 15) is 22.4 Å². The first-order valence-electron chi connectivity index (χ1n) is 11.1. The zero-order chi connectivity index (χ0) is 24.5. The van der Waals surface area contributed by atoms with E-state index < -0.39 is 29.0 Å². The molecule has 1 aromatic heterocycles. The van der Waals surface area contributed by atoms with Crippen LogP contribution in [0.3, 0.4) is 0 Å². The summed E-state index contributed by atoms with van der Waals surface area (Å²) in [5.41, 5.74) is -0.0860. The predicted molar refractivity (Wildman–Crippen MR) is 125 cm³/mol. The summed E-state index contributed by atoms with van der Waals surface area (Å²) in [5.74, 6) is -1.60. The molecule has 2 N–H and O–H groups in total. The summed E-state index contributed by atoms with van der Waals surface area (Å²) in [5, 5.41) is 7.22. The molecule has 0 bridgehead atoms. The van der Waals surface area contributed by atoms with Gasteiger partial charge in [-0.25, -0.2) is 9.37 Å². The first kappa shape index (κ1) is 23.8. The van der Waals surface area contributed by atoms with Crippen LogP contribution in [0.4, 0.5) is 29.1 Å². The molecular weight excluding hydrogens is 448 g/mol. The normalized spacial score (nSPS) is 18.5. The maximum Gasteiger partial charge on any atom is 0.419 e. The molecule has 2 aromatic carbocycles. The number of alkyl halides is 3. The Kier molecular flexibility index (Phi) is 6.63. The number of carbonyl (C=O) groups is 1. The second-order valence-electron chi connectivity index (χ2n) is 8.77. The zero-order valence-corrected chi connectivity index (χ0v) is 18.9. The Hall–Kier alpha value is -3.36. The van der Waals surface area contributed by atoms with Crippen molar-refractivity contribution >= 4 is 28.3 Å². The Labute approximate surface area is 195 Å². The van der Waals surface area contributed by atoms with E-state index in [-0.39, 0.29) is 12.1 Å². The van der Waals surface area contributed by atoms with Crippen LogP contribution >= 0.6 is 0 Å². The second kappa shape index (κ2) is 9.48. The molecule has 1 aliphatic carbocycles. The number of fused-ring (bicyclic) bond motifs is 1. The van der Waals surface area contributed by atoms with E-state index in [1.807, 2.05) is 49.3 Å². The number of pyridine rings is 1. The van der Waals surface area contributed by atoms with E-state index in [4.69, 9.17) is 4.98 Å². The smallest absolute Gasteiger partial charge is 0.377 e. The molecule has 9 heteroatoms. The summed E-state index contributed by atoms with van der Waals surface area (Å²) < 4.78 is 53.1. The highest BCUT2D eigenvalue weighted by molar-refractivity contribution is 5.95. The minimum absolute atomic E-state index is 0.141. The number of hydrogen-bond donors (Lipinski definition) is 2. The topological polar surface area (TPSA) is 57.3 Å². The van der Waals surface area contributed by atoms with Gasteiger partial charge in [-0.05, 0) is 43.9 Å². The standard InChI is InChI=1S/C25H26F4N4O/c1-33(2)21-14-22(32-20-9-4-3-6-17(20)21)30-15-10-12-16(13-11-15)31-24(34)18-7-5-8-19(23(18)26)25(27,28)29/h3-9,14-16H,10-13H2,1-2H3,(H,30,32)(H,31,34). The largest absolute Gasteiger partial charge is 0.419 e. The minimum atomic E-state index is -4.85. The third-order valence-corrected chi connectivity index (χ3v) is 6.14. The molecule has 0 saturated heterocycles. The van der Waals surface area contributed by atoms with Crippen LogP contribution in [-0.2, 0) is 6.18 Å². The fraction of sp³-hybridized carbons (Fsp3) is 0.360. The molecule has 1 saturated carbocycles. The molecule has 180 valence electrons. The summed E-state index contributed by atoms with van der Waals surface area (Å²) >= 11 is 0. The van der Waals surface area contributed by atoms with Gasteiger partial charge in [0.2, 0.25) is 0 Å². The summed E-state index contributed by atoms with van der Waals surface area (Å²) in [6.07, 6.45) is -2.13. The molecule has 0 aliphatic heterocycles. The molecule has 0 unspecified atom stereocenters. The summed E-state index contributed by atoms with van der Waals surface area (Å²) in [4.78, 5) is 19.2. The fourth-order valence-corrected chi connectivity index (χ4v) is 4.38. The number of anilines is 2. The van der Waals surface area contributed by atoms with Gasteiger partial charge in [0.15, 0.2) is 0 Å². The van der Waals surface area contributed by atoms with Crippen molar-refractivity contribution in [1.82, 2.24) is 10.3 Å². The van der Waals surface area contributed by atoms with Crippen molar-refractivity contribution in [3.8, 4) is 0 Å². The average Bonchev–Trinajstić information content (AvgIpc) is 2.79. The molecule has 0 atom stereocenters. The predicted octanol–water partition coefficient (Wildman–Crippen LogP) is 5.61. The summed E-state index contributed by atoms with van der Waals surface area (Å²) in [6, 6.07) is 12.6. The number of hydrogen-bond acceptors (Lipinski definition) is 4. The lowest BCUT2D eigenvalue weighted by Gasteiger charge is -2.30. The first-order chi connectivity index (χ1) is 16.1. The number of nitrogens with one attached hydrogen (secondary N) is 2. The number of benzene rings is 2. The lowest BCUT2D eigenvalue weighted by atomic mass is 9.91. The molecule has 0 spiro atoms. The maximum atomic E-state index is 14.3. The highest BCUT2D eigenvalue weighted by Gasteiger charge is 2.36. The van der Waals surface area contributed by atoms with E-state index >= 15 is 0 Å². The molecule has 4 rings (SSSR count). The quantitative estimate of drug-likeness (QED) is 0.472. The number of carbonyl (C=O) groups excluding carboxylic acids is 1. The van der Waals surface area contributed by atoms with Gasteiger partial charge in [-0.2, -0.15) is 13.2 Å². The summed E-state index contributed by atoms with van der Waals surface area (Å²) in [6.45, 7) is 0. The third-order valence-electron chi connectivity index (χ3n) is 6.14. The van der Waals surface area contributed by atoms with Crippen LogP contribution in [-0.4, -0.2) is 37.1 Å². The third kappa shape index (κ3) is 5.08. The van der Waals surface area contributed by atoms with Crippen LogP contribution in [0.15, 0.2) is 48.5 Å². The molecule has 1 fully saturated rings. The van der Waals surface area contributed by atoms with Crippen LogP contribution in [0.25, 0.3) is 10.9 Å². The van der Waals surface area contributed by atoms with Gasteiger partial charge in [-0.3, -0.25) is 4.79 Å². The maximum absolute atomic E-state index is 14.3. The second-order valence-corrected chi connectivity index (χ2v) is 8.77. The van der Waals surface area contributed by atoms with Crippen molar-refractivity contribution in [3.05, 3.63) is 65.5 Å². The molecule has 5 nitrogen and oxygen atoms in total. The Morgan fingerprint density at radius 3 is 2.35 bits per heavy atom. The van der Waals surface area contributed by atoms with E-state index in [1.165, 1.54) is 0 Å². The van der Waals surface area contributed by atoms with Gasteiger partial charge in [-0.1, -0.05) is 24.3 Å². The van der Waals surface area contributed by atoms with Gasteiger partial charge in [-0.15, -0.1) is 0 Å². The van der Waals surface area contributed by atoms with Crippen LogP contribution in [0.1, 0.15) is 41.6 Å². The highest BCUT2D eigenvalue weighted by Crippen LogP contribution is 2.33. The highest BCUT2D eigenvalue weighted by atomic mass is 19.4. The zero-order valence-electron chi connectivity index (χ0n) is 18.9. The van der Waals surface area contributed by atoms with Gasteiger partial charge in [0.25, 0.3) is 5.91 Å². The van der Waals surface area contributed by atoms with Gasteiger partial charge >= 0.3 is 6.18 Å². The molecule has 34 heavy (non-hydrogen) atoms. The van der Waals surface area contributed by atoms with Gasteiger partial charge in [0.1, 0.15) is 11.6 Å². The van der Waals surface area contributed by atoms with Crippen molar-refractivity contribution in [3.63, 3.8) is 0 Å². The van der Waals surface area contributed by atoms with Crippen molar-refractivity contribution < 1.29 is 22.4 Å². The molecule has 1 aliphatic rings. The van der Waals surface area contributed by atoms with E-state index in [1.54, 1.807) is 0 Å². The Bertz CT molecular complexity index is 1190. The molecule has 1 heterocycles. The van der Waals surface area contributed by atoms with E-state index in [2.05, 4.69) is 10.6 Å². The van der Waals surface area contributed by atoms with Crippen LogP contribution in [0.5, 0.6) is 0 Å². The molecule has 3 aromatic rings. The number of para-hydroxylation sites is 1. The van der Waals surface area contributed by atoms with Crippen molar-refractivity contribution in [1.29, 1.82) is 0 Å². The van der Waals surface area contributed by atoms with Gasteiger partial charge in [0, 0.05) is 43.3 Å². The molecule has 0 radical (unpaired) electrons. The number of nitrogens with zero attached hydrogens (tertiary/aromatic N) is 2.